The maximum atomic E-state index is 11.0. The number of carbonyl (C=O) groups is 1. The molecule has 7 nitrogen and oxygen atoms in total. The predicted octanol–water partition coefficient (Wildman–Crippen LogP) is -5.92. The average molecular weight is 232 g/mol. The number of aliphatic hydroxyl groups is 4. The molecule has 1 fully saturated rings. The van der Waals surface area contributed by atoms with E-state index in [9.17, 15) is 15.0 Å². The first-order valence-corrected chi connectivity index (χ1v) is 3.94. The fraction of sp³-hybridized carbons (Fsp3) is 0.857. The van der Waals surface area contributed by atoms with Crippen LogP contribution in [0.4, 0.5) is 0 Å². The second-order valence-electron chi connectivity index (χ2n) is 2.94. The van der Waals surface area contributed by atoms with Crippen LogP contribution < -0.4 is 29.6 Å². The molecule has 1 aliphatic rings. The van der Waals surface area contributed by atoms with Gasteiger partial charge in [-0.15, -0.1) is 0 Å². The van der Waals surface area contributed by atoms with Crippen molar-refractivity contribution in [1.82, 2.24) is 0 Å². The van der Waals surface area contributed by atoms with Crippen LogP contribution in [0.3, 0.4) is 0 Å². The summed E-state index contributed by atoms with van der Waals surface area (Å²) in [6.07, 6.45) is -8.14. The van der Waals surface area contributed by atoms with Crippen molar-refractivity contribution in [2.45, 2.75) is 30.7 Å². The number of ether oxygens (including phenoxy) is 2. The van der Waals surface area contributed by atoms with Crippen LogP contribution in [0.1, 0.15) is 1.43 Å². The maximum absolute atomic E-state index is 11.0. The van der Waals surface area contributed by atoms with Gasteiger partial charge in [0.25, 0.3) is 0 Å². The van der Waals surface area contributed by atoms with Gasteiger partial charge in [0.1, 0.15) is 18.3 Å². The summed E-state index contributed by atoms with van der Waals surface area (Å²) < 4.78 is 8.82. The van der Waals surface area contributed by atoms with Gasteiger partial charge in [-0.3, -0.25) is 0 Å². The van der Waals surface area contributed by atoms with Gasteiger partial charge >= 0.3 is 35.5 Å². The third-order valence-electron chi connectivity index (χ3n) is 2.02. The van der Waals surface area contributed by atoms with Crippen molar-refractivity contribution in [1.29, 1.82) is 0 Å². The minimum absolute atomic E-state index is 0. The molecule has 0 radical (unpaired) electrons. The molecular formula is C7H13NaO7. The molecule has 8 heteroatoms. The molecule has 1 rings (SSSR count). The number of methoxy groups -OCH3 is 1. The standard InChI is InChI=1S/C7H12O7.Na.H/c1-13-7(12)5-3(9)2(8)4(10)6(11)14-5;;/h2-6,8-11H,1H3;;/q;+1;-1/t2-,3-,4+,5-,6+;;/m0../s1. The second kappa shape index (κ2) is 6.12. The van der Waals surface area contributed by atoms with Gasteiger partial charge in [-0.1, -0.05) is 0 Å². The summed E-state index contributed by atoms with van der Waals surface area (Å²) in [5.41, 5.74) is 0. The number of aliphatic hydroxyl groups excluding tert-OH is 4. The fourth-order valence-electron chi connectivity index (χ4n) is 1.17. The number of hydrogen-bond donors (Lipinski definition) is 4. The van der Waals surface area contributed by atoms with Gasteiger partial charge in [0.05, 0.1) is 7.11 Å². The Morgan fingerprint density at radius 1 is 1.20 bits per heavy atom. The van der Waals surface area contributed by atoms with Gasteiger partial charge in [-0.25, -0.2) is 4.79 Å². The minimum atomic E-state index is -1.72. The maximum Gasteiger partial charge on any atom is 1.00 e. The largest absolute Gasteiger partial charge is 1.00 e. The predicted molar refractivity (Wildman–Crippen MR) is 42.0 cm³/mol. The van der Waals surface area contributed by atoms with E-state index in [1.54, 1.807) is 0 Å². The molecule has 0 bridgehead atoms. The van der Waals surface area contributed by atoms with Crippen molar-refractivity contribution in [3.8, 4) is 0 Å². The number of hydrogen-bond acceptors (Lipinski definition) is 7. The van der Waals surface area contributed by atoms with Crippen molar-refractivity contribution >= 4 is 5.97 Å². The molecule has 1 saturated heterocycles. The first-order chi connectivity index (χ1) is 6.49. The Kier molecular flexibility index (Phi) is 6.23. The molecule has 0 amide bonds. The van der Waals surface area contributed by atoms with Crippen LogP contribution in [0.5, 0.6) is 0 Å². The molecule has 0 aromatic carbocycles. The van der Waals surface area contributed by atoms with Gasteiger partial charge in [-0.2, -0.15) is 0 Å². The second-order valence-corrected chi connectivity index (χ2v) is 2.94. The van der Waals surface area contributed by atoms with E-state index in [-0.39, 0.29) is 31.0 Å². The molecule has 0 aliphatic carbocycles. The van der Waals surface area contributed by atoms with Gasteiger partial charge in [0, 0.05) is 0 Å². The molecule has 15 heavy (non-hydrogen) atoms. The number of carbonyl (C=O) groups excluding carboxylic acids is 1. The van der Waals surface area contributed by atoms with Crippen molar-refractivity contribution in [3.63, 3.8) is 0 Å². The van der Waals surface area contributed by atoms with Crippen molar-refractivity contribution in [2.24, 2.45) is 0 Å². The van der Waals surface area contributed by atoms with Gasteiger partial charge in [0.2, 0.25) is 0 Å². The molecule has 84 valence electrons. The monoisotopic (exact) mass is 232 g/mol. The Hall–Kier alpha value is 0.270. The molecule has 0 aromatic heterocycles. The third-order valence-corrected chi connectivity index (χ3v) is 2.02. The zero-order valence-corrected chi connectivity index (χ0v) is 10.4. The van der Waals surface area contributed by atoms with Crippen LogP contribution in [0.25, 0.3) is 0 Å². The molecule has 5 atom stereocenters. The zero-order valence-electron chi connectivity index (χ0n) is 9.40. The number of esters is 1. The SMILES string of the molecule is COC(=O)[C@H]1O[C@@H](O)[C@H](O)[C@@H](O)[C@@H]1O.[H-].[Na+]. The molecule has 0 unspecified atom stereocenters. The summed E-state index contributed by atoms with van der Waals surface area (Å²) in [4.78, 5) is 11.0. The Bertz CT molecular complexity index is 229. The van der Waals surface area contributed by atoms with Gasteiger partial charge in [0.15, 0.2) is 12.4 Å². The summed E-state index contributed by atoms with van der Waals surface area (Å²) in [5, 5.41) is 36.5. The van der Waals surface area contributed by atoms with E-state index >= 15 is 0 Å². The summed E-state index contributed by atoms with van der Waals surface area (Å²) in [6.45, 7) is 0. The molecule has 1 heterocycles. The van der Waals surface area contributed by atoms with Crippen molar-refractivity contribution in [3.05, 3.63) is 0 Å². The minimum Gasteiger partial charge on any atom is -1.00 e. The first-order valence-electron chi connectivity index (χ1n) is 3.94. The van der Waals surface area contributed by atoms with Gasteiger partial charge < -0.3 is 31.3 Å². The fourth-order valence-corrected chi connectivity index (χ4v) is 1.17. The van der Waals surface area contributed by atoms with Crippen LogP contribution in [0, 0.1) is 0 Å². The van der Waals surface area contributed by atoms with Crippen LogP contribution in [-0.4, -0.2) is 64.2 Å². The summed E-state index contributed by atoms with van der Waals surface area (Å²) in [6, 6.07) is 0. The first kappa shape index (κ1) is 15.3. The third kappa shape index (κ3) is 3.11. The summed E-state index contributed by atoms with van der Waals surface area (Å²) in [7, 11) is 1.07. The molecule has 1 aliphatic heterocycles. The van der Waals surface area contributed by atoms with Crippen LogP contribution in [0.2, 0.25) is 0 Å². The molecular weight excluding hydrogens is 219 g/mol. The normalized spacial score (nSPS) is 40.5. The average Bonchev–Trinajstić information content (AvgIpc) is 2.19. The van der Waals surface area contributed by atoms with E-state index in [0.717, 1.165) is 7.11 Å². The van der Waals surface area contributed by atoms with Crippen LogP contribution in [-0.2, 0) is 14.3 Å². The smallest absolute Gasteiger partial charge is 1.00 e. The summed E-state index contributed by atoms with van der Waals surface area (Å²) >= 11 is 0. The Balaban J connectivity index is 0. The van der Waals surface area contributed by atoms with Crippen LogP contribution >= 0.6 is 0 Å². The van der Waals surface area contributed by atoms with E-state index in [4.69, 9.17) is 10.2 Å². The zero-order chi connectivity index (χ0) is 10.9. The molecule has 0 spiro atoms. The molecule has 0 aromatic rings. The summed E-state index contributed by atoms with van der Waals surface area (Å²) in [5.74, 6) is -0.928. The topological polar surface area (TPSA) is 116 Å². The Labute approximate surface area is 109 Å². The molecule has 0 saturated carbocycles. The van der Waals surface area contributed by atoms with E-state index < -0.39 is 36.7 Å². The van der Waals surface area contributed by atoms with Gasteiger partial charge in [-0.05, 0) is 0 Å². The number of rotatable bonds is 1. The van der Waals surface area contributed by atoms with Crippen molar-refractivity contribution < 1.29 is 65.7 Å². The molecule has 4 N–H and O–H groups in total. The van der Waals surface area contributed by atoms with Crippen LogP contribution in [0.15, 0.2) is 0 Å². The quantitative estimate of drug-likeness (QED) is 0.263. The van der Waals surface area contributed by atoms with E-state index in [0.29, 0.717) is 0 Å². The van der Waals surface area contributed by atoms with E-state index in [1.165, 1.54) is 0 Å². The Morgan fingerprint density at radius 3 is 2.20 bits per heavy atom. The van der Waals surface area contributed by atoms with Crippen molar-refractivity contribution in [2.75, 3.05) is 7.11 Å². The van der Waals surface area contributed by atoms with E-state index in [2.05, 4.69) is 9.47 Å². The Morgan fingerprint density at radius 2 is 1.73 bits per heavy atom. The van der Waals surface area contributed by atoms with E-state index in [1.807, 2.05) is 0 Å².